The van der Waals surface area contributed by atoms with E-state index in [9.17, 15) is 8.60 Å². The molecular formula is C21H33FIN3OS. The Balaban J connectivity index is 0.00000280. The Labute approximate surface area is 188 Å². The van der Waals surface area contributed by atoms with Gasteiger partial charge >= 0.3 is 0 Å². The van der Waals surface area contributed by atoms with Crippen LogP contribution in [0.4, 0.5) is 4.39 Å². The highest BCUT2D eigenvalue weighted by Gasteiger charge is 2.44. The molecule has 0 spiro atoms. The summed E-state index contributed by atoms with van der Waals surface area (Å²) in [6, 6.07) is 7.26. The van der Waals surface area contributed by atoms with Crippen LogP contribution in [0.2, 0.25) is 0 Å². The van der Waals surface area contributed by atoms with Crippen molar-refractivity contribution < 1.29 is 8.60 Å². The Morgan fingerprint density at radius 2 is 2.11 bits per heavy atom. The molecule has 0 amide bonds. The zero-order valence-corrected chi connectivity index (χ0v) is 20.0. The molecule has 0 heterocycles. The maximum atomic E-state index is 13.6. The summed E-state index contributed by atoms with van der Waals surface area (Å²) in [5, 5.41) is 7.20. The third-order valence-corrected chi connectivity index (χ3v) is 7.54. The lowest BCUT2D eigenvalue weighted by Crippen LogP contribution is -2.47. The summed E-state index contributed by atoms with van der Waals surface area (Å²) in [4.78, 5) is 4.83. The number of nitrogens with zero attached hydrogens (tertiary/aromatic N) is 1. The molecule has 2 aliphatic carbocycles. The van der Waals surface area contributed by atoms with Gasteiger partial charge in [0.15, 0.2) is 5.96 Å². The third-order valence-electron chi connectivity index (χ3n) is 5.80. The molecule has 1 aromatic carbocycles. The second-order valence-corrected chi connectivity index (χ2v) is 9.79. The van der Waals surface area contributed by atoms with E-state index in [0.29, 0.717) is 17.8 Å². The van der Waals surface area contributed by atoms with E-state index in [2.05, 4.69) is 17.6 Å². The van der Waals surface area contributed by atoms with E-state index >= 15 is 0 Å². The molecular weight excluding hydrogens is 488 g/mol. The fourth-order valence-electron chi connectivity index (χ4n) is 4.00. The third kappa shape index (κ3) is 6.15. The molecule has 2 aliphatic rings. The zero-order chi connectivity index (χ0) is 19.3. The van der Waals surface area contributed by atoms with Crippen LogP contribution >= 0.6 is 24.0 Å². The molecule has 158 valence electrons. The fraction of sp³-hybridized carbons (Fsp3) is 0.667. The minimum absolute atomic E-state index is 0. The second kappa shape index (κ2) is 10.9. The number of aliphatic imine (C=N–C) groups is 1. The van der Waals surface area contributed by atoms with Crippen molar-refractivity contribution >= 4 is 40.7 Å². The lowest BCUT2D eigenvalue weighted by Gasteiger charge is -2.30. The second-order valence-electron chi connectivity index (χ2n) is 7.79. The van der Waals surface area contributed by atoms with Crippen molar-refractivity contribution in [1.29, 1.82) is 0 Å². The molecule has 3 atom stereocenters. The molecule has 3 unspecified atom stereocenters. The molecule has 28 heavy (non-hydrogen) atoms. The van der Waals surface area contributed by atoms with Crippen molar-refractivity contribution in [2.45, 2.75) is 69.1 Å². The number of nitrogens with one attached hydrogen (secondary N) is 2. The van der Waals surface area contributed by atoms with Gasteiger partial charge in [-0.25, -0.2) is 4.39 Å². The maximum absolute atomic E-state index is 13.6. The molecule has 0 bridgehead atoms. The fourth-order valence-corrected chi connectivity index (χ4v) is 5.35. The van der Waals surface area contributed by atoms with Crippen LogP contribution in [0.15, 0.2) is 29.3 Å². The summed E-state index contributed by atoms with van der Waals surface area (Å²) in [5.41, 5.74) is 1.04. The summed E-state index contributed by atoms with van der Waals surface area (Å²) >= 11 is 0. The Morgan fingerprint density at radius 1 is 1.32 bits per heavy atom. The Bertz CT molecular complexity index is 696. The van der Waals surface area contributed by atoms with Crippen molar-refractivity contribution in [2.24, 2.45) is 4.99 Å². The van der Waals surface area contributed by atoms with Gasteiger partial charge in [0, 0.05) is 39.8 Å². The van der Waals surface area contributed by atoms with Crippen LogP contribution in [0.3, 0.4) is 0 Å². The molecule has 1 aromatic rings. The average molecular weight is 521 g/mol. The lowest BCUT2D eigenvalue weighted by molar-refractivity contribution is 0.413. The van der Waals surface area contributed by atoms with Gasteiger partial charge < -0.3 is 10.6 Å². The van der Waals surface area contributed by atoms with Crippen LogP contribution < -0.4 is 10.6 Å². The highest BCUT2D eigenvalue weighted by Crippen LogP contribution is 2.48. The Hall–Kier alpha value is -0.700. The number of halogens is 2. The lowest BCUT2D eigenvalue weighted by atomic mass is 9.95. The van der Waals surface area contributed by atoms with E-state index in [1.807, 2.05) is 13.0 Å². The molecule has 2 N–H and O–H groups in total. The zero-order valence-electron chi connectivity index (χ0n) is 16.9. The van der Waals surface area contributed by atoms with Crippen LogP contribution in [-0.4, -0.2) is 40.3 Å². The van der Waals surface area contributed by atoms with Crippen LogP contribution in [0, 0.1) is 5.82 Å². The predicted octanol–water partition coefficient (Wildman–Crippen LogP) is 4.11. The highest BCUT2D eigenvalue weighted by molar-refractivity contribution is 14.0. The van der Waals surface area contributed by atoms with Crippen molar-refractivity contribution in [3.63, 3.8) is 0 Å². The van der Waals surface area contributed by atoms with Crippen LogP contribution in [-0.2, 0) is 16.2 Å². The Morgan fingerprint density at radius 3 is 2.75 bits per heavy atom. The van der Waals surface area contributed by atoms with Gasteiger partial charge in [0.25, 0.3) is 0 Å². The molecule has 0 aromatic heterocycles. The van der Waals surface area contributed by atoms with Gasteiger partial charge in [-0.3, -0.25) is 9.20 Å². The number of rotatable bonds is 7. The average Bonchev–Trinajstić information content (AvgIpc) is 3.47. The number of benzene rings is 1. The summed E-state index contributed by atoms with van der Waals surface area (Å²) in [6.07, 6.45) is 6.33. The molecule has 0 radical (unpaired) electrons. The number of hydrogen-bond donors (Lipinski definition) is 2. The molecule has 0 aliphatic heterocycles. The smallest absolute Gasteiger partial charge is 0.191 e. The van der Waals surface area contributed by atoms with E-state index in [0.717, 1.165) is 62.3 Å². The predicted molar refractivity (Wildman–Crippen MR) is 127 cm³/mol. The van der Waals surface area contributed by atoms with Crippen LogP contribution in [0.25, 0.3) is 0 Å². The minimum Gasteiger partial charge on any atom is -0.357 e. The minimum atomic E-state index is -0.724. The molecule has 2 saturated carbocycles. The summed E-state index contributed by atoms with van der Waals surface area (Å²) in [7, 11) is -0.724. The van der Waals surface area contributed by atoms with Crippen molar-refractivity contribution in [3.05, 3.63) is 35.6 Å². The van der Waals surface area contributed by atoms with Gasteiger partial charge in [-0.1, -0.05) is 25.5 Å². The van der Waals surface area contributed by atoms with E-state index in [4.69, 9.17) is 4.99 Å². The van der Waals surface area contributed by atoms with E-state index in [1.54, 1.807) is 12.1 Å². The van der Waals surface area contributed by atoms with Crippen molar-refractivity contribution in [1.82, 2.24) is 10.6 Å². The molecule has 4 nitrogen and oxygen atoms in total. The summed E-state index contributed by atoms with van der Waals surface area (Å²) < 4.78 is 25.8. The first-order valence-corrected chi connectivity index (χ1v) is 11.6. The molecule has 2 fully saturated rings. The molecule has 0 saturated heterocycles. The van der Waals surface area contributed by atoms with Gasteiger partial charge in [0.05, 0.1) is 6.54 Å². The first-order chi connectivity index (χ1) is 13.1. The van der Waals surface area contributed by atoms with Crippen LogP contribution in [0.5, 0.6) is 0 Å². The van der Waals surface area contributed by atoms with Gasteiger partial charge in [0.2, 0.25) is 0 Å². The highest BCUT2D eigenvalue weighted by atomic mass is 127. The number of guanidine groups is 1. The molecule has 3 rings (SSSR count). The molecule has 7 heteroatoms. The van der Waals surface area contributed by atoms with Gasteiger partial charge in [-0.15, -0.1) is 24.0 Å². The van der Waals surface area contributed by atoms with Crippen molar-refractivity contribution in [2.75, 3.05) is 18.8 Å². The standard InChI is InChI=1S/C21H32FN3OS.HI/c1-3-23-20(25-18-9-6-10-19(14-18)27(26)4-2)24-15-21(11-12-21)16-7-5-8-17(22)13-16;/h5,7-8,13,18-19H,3-4,6,9-12,14-15H2,1-2H3,(H2,23,24,25);1H. The Kier molecular flexibility index (Phi) is 9.18. The van der Waals surface area contributed by atoms with E-state index in [1.165, 1.54) is 6.07 Å². The van der Waals surface area contributed by atoms with E-state index < -0.39 is 10.8 Å². The topological polar surface area (TPSA) is 53.5 Å². The quantitative estimate of drug-likeness (QED) is 0.323. The summed E-state index contributed by atoms with van der Waals surface area (Å²) in [5.74, 6) is 1.39. The van der Waals surface area contributed by atoms with Gasteiger partial charge in [-0.05, 0) is 56.7 Å². The van der Waals surface area contributed by atoms with E-state index in [-0.39, 0.29) is 35.2 Å². The summed E-state index contributed by atoms with van der Waals surface area (Å²) in [6.45, 7) is 5.53. The number of hydrogen-bond acceptors (Lipinski definition) is 2. The van der Waals surface area contributed by atoms with Gasteiger partial charge in [-0.2, -0.15) is 0 Å². The largest absolute Gasteiger partial charge is 0.357 e. The van der Waals surface area contributed by atoms with Crippen molar-refractivity contribution in [3.8, 4) is 0 Å². The normalized spacial score (nSPS) is 24.8. The monoisotopic (exact) mass is 521 g/mol. The SMILES string of the molecule is CCNC(=NCC1(c2cccc(F)c2)CC1)NC1CCCC(S(=O)CC)C1.I. The van der Waals surface area contributed by atoms with Crippen LogP contribution in [0.1, 0.15) is 57.9 Å². The van der Waals surface area contributed by atoms with Gasteiger partial charge in [0.1, 0.15) is 5.82 Å². The first kappa shape index (κ1) is 23.6. The first-order valence-electron chi connectivity index (χ1n) is 10.2. The maximum Gasteiger partial charge on any atom is 0.191 e.